The second-order valence-electron chi connectivity index (χ2n) is 5.85. The van der Waals surface area contributed by atoms with Crippen LogP contribution in [-0.4, -0.2) is 18.5 Å². The molecule has 1 aromatic carbocycles. The summed E-state index contributed by atoms with van der Waals surface area (Å²) in [7, 11) is 1.96. The van der Waals surface area contributed by atoms with E-state index in [0.717, 1.165) is 11.0 Å². The van der Waals surface area contributed by atoms with Crippen LogP contribution in [0, 0.1) is 23.1 Å². The number of nitrogens with zero attached hydrogens (tertiary/aromatic N) is 1. The van der Waals surface area contributed by atoms with Gasteiger partial charge in [0.1, 0.15) is 5.82 Å². The summed E-state index contributed by atoms with van der Waals surface area (Å²) in [5, 5.41) is 0. The van der Waals surface area contributed by atoms with Gasteiger partial charge in [0.2, 0.25) is 0 Å². The van der Waals surface area contributed by atoms with E-state index in [9.17, 15) is 4.39 Å². The highest BCUT2D eigenvalue weighted by Gasteiger charge is 2.05. The zero-order valence-corrected chi connectivity index (χ0v) is 14.1. The van der Waals surface area contributed by atoms with E-state index in [1.165, 1.54) is 6.07 Å². The van der Waals surface area contributed by atoms with Crippen LogP contribution >= 0.6 is 15.9 Å². The minimum atomic E-state index is -0.170. The van der Waals surface area contributed by atoms with Gasteiger partial charge in [-0.15, -0.1) is 0 Å². The molecule has 0 atom stereocenters. The van der Waals surface area contributed by atoms with Crippen LogP contribution in [0.15, 0.2) is 34.8 Å². The Balaban J connectivity index is 2.51. The molecule has 0 aliphatic heterocycles. The molecule has 108 valence electrons. The molecule has 0 heterocycles. The van der Waals surface area contributed by atoms with Crippen LogP contribution in [0.1, 0.15) is 26.3 Å². The topological polar surface area (TPSA) is 3.24 Å². The van der Waals surface area contributed by atoms with Gasteiger partial charge < -0.3 is 0 Å². The van der Waals surface area contributed by atoms with Crippen molar-refractivity contribution in [2.75, 3.05) is 13.6 Å². The summed E-state index contributed by atoms with van der Waals surface area (Å²) in [6, 6.07) is 5.01. The molecule has 0 spiro atoms. The lowest BCUT2D eigenvalue weighted by Crippen LogP contribution is -2.18. The number of allylic oxidation sites excluding steroid dienone is 1. The molecule has 0 radical (unpaired) electrons. The second-order valence-corrected chi connectivity index (χ2v) is 6.77. The van der Waals surface area contributed by atoms with Crippen molar-refractivity contribution >= 4 is 15.9 Å². The molecule has 0 amide bonds. The summed E-state index contributed by atoms with van der Waals surface area (Å²) in [6.45, 7) is 7.55. The molecule has 0 aliphatic carbocycles. The molecule has 20 heavy (non-hydrogen) atoms. The third-order valence-corrected chi connectivity index (χ3v) is 3.01. The fourth-order valence-electron chi connectivity index (χ4n) is 1.57. The zero-order chi connectivity index (χ0) is 15.2. The molecular formula is C17H21BrFN. The Hall–Kier alpha value is -1.11. The Morgan fingerprint density at radius 2 is 2.05 bits per heavy atom. The molecule has 1 nitrogen and oxygen atoms in total. The Morgan fingerprint density at radius 3 is 2.70 bits per heavy atom. The minimum absolute atomic E-state index is 0.0235. The van der Waals surface area contributed by atoms with Gasteiger partial charge in [-0.05, 0) is 52.1 Å². The summed E-state index contributed by atoms with van der Waals surface area (Å²) in [5.41, 5.74) is 0.714. The van der Waals surface area contributed by atoms with Crippen LogP contribution in [0.3, 0.4) is 0 Å². The third kappa shape index (κ3) is 6.88. The molecule has 0 saturated heterocycles. The van der Waals surface area contributed by atoms with Gasteiger partial charge in [0.25, 0.3) is 0 Å². The van der Waals surface area contributed by atoms with E-state index in [4.69, 9.17) is 0 Å². The van der Waals surface area contributed by atoms with Crippen LogP contribution in [-0.2, 0) is 6.54 Å². The highest BCUT2D eigenvalue weighted by atomic mass is 79.9. The summed E-state index contributed by atoms with van der Waals surface area (Å²) in [6.07, 6.45) is 3.85. The molecular weight excluding hydrogens is 317 g/mol. The minimum Gasteiger partial charge on any atom is -0.298 e. The van der Waals surface area contributed by atoms with Gasteiger partial charge in [-0.1, -0.05) is 33.8 Å². The van der Waals surface area contributed by atoms with Crippen molar-refractivity contribution in [3.63, 3.8) is 0 Å². The molecule has 0 bridgehead atoms. The molecule has 3 heteroatoms. The average molecular weight is 338 g/mol. The molecule has 0 unspecified atom stereocenters. The first-order valence-electron chi connectivity index (χ1n) is 6.58. The summed E-state index contributed by atoms with van der Waals surface area (Å²) in [4.78, 5) is 2.04. The van der Waals surface area contributed by atoms with Crippen LogP contribution in [0.5, 0.6) is 0 Å². The van der Waals surface area contributed by atoms with Gasteiger partial charge in [0, 0.05) is 28.5 Å². The Kier molecular flexibility index (Phi) is 6.45. The molecule has 0 aromatic heterocycles. The van der Waals surface area contributed by atoms with E-state index < -0.39 is 0 Å². The molecule has 0 N–H and O–H groups in total. The maximum Gasteiger partial charge on any atom is 0.127 e. The highest BCUT2D eigenvalue weighted by molar-refractivity contribution is 9.10. The lowest BCUT2D eigenvalue weighted by atomic mass is 9.98. The van der Waals surface area contributed by atoms with Gasteiger partial charge in [-0.25, -0.2) is 4.39 Å². The van der Waals surface area contributed by atoms with Crippen molar-refractivity contribution in [2.24, 2.45) is 5.41 Å². The van der Waals surface area contributed by atoms with Crippen molar-refractivity contribution in [2.45, 2.75) is 27.3 Å². The van der Waals surface area contributed by atoms with E-state index in [1.807, 2.05) is 30.2 Å². The maximum atomic E-state index is 13.6. The number of halogens is 2. The number of likely N-dealkylation sites (N-methyl/N-ethyl adjacent to an activating group) is 1. The van der Waals surface area contributed by atoms with Crippen LogP contribution in [0.2, 0.25) is 0 Å². The molecule has 0 saturated carbocycles. The van der Waals surface area contributed by atoms with E-state index in [2.05, 4.69) is 48.5 Å². The monoisotopic (exact) mass is 337 g/mol. The Bertz CT molecular complexity index is 532. The average Bonchev–Trinajstić information content (AvgIpc) is 2.32. The first-order chi connectivity index (χ1) is 9.28. The van der Waals surface area contributed by atoms with Gasteiger partial charge in [0.15, 0.2) is 0 Å². The third-order valence-electron chi connectivity index (χ3n) is 2.51. The molecule has 0 fully saturated rings. The maximum absolute atomic E-state index is 13.6. The first kappa shape index (κ1) is 16.9. The summed E-state index contributed by atoms with van der Waals surface area (Å²) in [5.74, 6) is 6.00. The number of benzene rings is 1. The summed E-state index contributed by atoms with van der Waals surface area (Å²) < 4.78 is 14.5. The van der Waals surface area contributed by atoms with Crippen LogP contribution in [0.25, 0.3) is 0 Å². The number of rotatable bonds is 4. The lowest BCUT2D eigenvalue weighted by molar-refractivity contribution is 0.356. The number of hydrogen-bond acceptors (Lipinski definition) is 1. The van der Waals surface area contributed by atoms with Crippen LogP contribution < -0.4 is 0 Å². The lowest BCUT2D eigenvalue weighted by Gasteiger charge is -2.14. The number of hydrogen-bond donors (Lipinski definition) is 0. The summed E-state index contributed by atoms with van der Waals surface area (Å²) >= 11 is 3.36. The SMILES string of the molecule is CN(C/C=C/C#CC(C)(C)C)Cc1cc(Br)ccc1F. The van der Waals surface area contributed by atoms with E-state index >= 15 is 0 Å². The fourth-order valence-corrected chi connectivity index (χ4v) is 1.98. The zero-order valence-electron chi connectivity index (χ0n) is 12.5. The van der Waals surface area contributed by atoms with Gasteiger partial charge >= 0.3 is 0 Å². The van der Waals surface area contributed by atoms with E-state index in [0.29, 0.717) is 12.1 Å². The first-order valence-corrected chi connectivity index (χ1v) is 7.37. The van der Waals surface area contributed by atoms with Gasteiger partial charge in [0.05, 0.1) is 0 Å². The normalized spacial score (nSPS) is 11.8. The van der Waals surface area contributed by atoms with E-state index in [-0.39, 0.29) is 11.2 Å². The standard InChI is InChI=1S/C17H21BrFN/c1-17(2,3)10-6-5-7-11-20(4)13-14-12-15(18)8-9-16(14)19/h5,7-9,12H,11,13H2,1-4H3/b7-5+. The van der Waals surface area contributed by atoms with Crippen molar-refractivity contribution in [1.82, 2.24) is 4.90 Å². The van der Waals surface area contributed by atoms with Crippen molar-refractivity contribution < 1.29 is 4.39 Å². The highest BCUT2D eigenvalue weighted by Crippen LogP contribution is 2.16. The van der Waals surface area contributed by atoms with Gasteiger partial charge in [-0.2, -0.15) is 0 Å². The molecule has 1 rings (SSSR count). The van der Waals surface area contributed by atoms with E-state index in [1.54, 1.807) is 6.07 Å². The second kappa shape index (κ2) is 7.61. The Labute approximate surface area is 130 Å². The molecule has 1 aromatic rings. The van der Waals surface area contributed by atoms with Crippen LogP contribution in [0.4, 0.5) is 4.39 Å². The van der Waals surface area contributed by atoms with Crippen molar-refractivity contribution in [3.05, 3.63) is 46.2 Å². The van der Waals surface area contributed by atoms with Crippen molar-refractivity contribution in [3.8, 4) is 11.8 Å². The van der Waals surface area contributed by atoms with Crippen molar-refractivity contribution in [1.29, 1.82) is 0 Å². The molecule has 0 aliphatic rings. The largest absolute Gasteiger partial charge is 0.298 e. The Morgan fingerprint density at radius 1 is 1.35 bits per heavy atom. The quantitative estimate of drug-likeness (QED) is 0.724. The van der Waals surface area contributed by atoms with Gasteiger partial charge in [-0.3, -0.25) is 4.90 Å². The fraction of sp³-hybridized carbons (Fsp3) is 0.412. The predicted octanol–water partition coefficient (Wildman–Crippen LogP) is 4.63. The predicted molar refractivity (Wildman–Crippen MR) is 86.8 cm³/mol. The smallest absolute Gasteiger partial charge is 0.127 e.